The van der Waals surface area contributed by atoms with Gasteiger partial charge in [0.05, 0.1) is 13.2 Å². The van der Waals surface area contributed by atoms with Crippen molar-refractivity contribution in [2.24, 2.45) is 0 Å². The number of aromatic nitrogens is 3. The topological polar surface area (TPSA) is 57.6 Å². The van der Waals surface area contributed by atoms with Crippen LogP contribution in [0.1, 0.15) is 10.6 Å². The van der Waals surface area contributed by atoms with Crippen molar-refractivity contribution in [2.45, 2.75) is 13.8 Å². The lowest BCUT2D eigenvalue weighted by atomic mass is 10.3. The lowest BCUT2D eigenvalue weighted by Crippen LogP contribution is -2.47. The number of piperazine rings is 1. The predicted octanol–water partition coefficient (Wildman–Crippen LogP) is 1.71. The second kappa shape index (κ2) is 7.13. The first kappa shape index (κ1) is 16.5. The van der Waals surface area contributed by atoms with Crippen LogP contribution >= 0.6 is 11.3 Å². The molecule has 0 unspecified atom stereocenters. The molecule has 0 aliphatic carbocycles. The van der Waals surface area contributed by atoms with E-state index in [9.17, 15) is 0 Å². The van der Waals surface area contributed by atoms with Gasteiger partial charge in [-0.3, -0.25) is 0 Å². The molecule has 0 saturated carbocycles. The first-order valence-electron chi connectivity index (χ1n) is 8.80. The molecule has 25 heavy (non-hydrogen) atoms. The number of morpholine rings is 1. The van der Waals surface area contributed by atoms with E-state index in [1.54, 1.807) is 11.3 Å². The Morgan fingerprint density at radius 2 is 1.64 bits per heavy atom. The molecule has 0 spiro atoms. The van der Waals surface area contributed by atoms with Gasteiger partial charge in [-0.2, -0.15) is 4.98 Å². The Morgan fingerprint density at radius 3 is 2.32 bits per heavy atom. The van der Waals surface area contributed by atoms with Crippen molar-refractivity contribution < 1.29 is 4.74 Å². The zero-order valence-corrected chi connectivity index (χ0v) is 15.6. The summed E-state index contributed by atoms with van der Waals surface area (Å²) >= 11 is 1.76. The van der Waals surface area contributed by atoms with E-state index in [0.29, 0.717) is 0 Å². The highest BCUT2D eigenvalue weighted by Crippen LogP contribution is 2.24. The Kier molecular flexibility index (Phi) is 4.72. The molecule has 2 fully saturated rings. The maximum atomic E-state index is 5.45. The summed E-state index contributed by atoms with van der Waals surface area (Å²) in [4.78, 5) is 22.2. The molecule has 7 nitrogen and oxygen atoms in total. The van der Waals surface area contributed by atoms with Gasteiger partial charge in [-0.1, -0.05) is 0 Å². The molecule has 134 valence electrons. The summed E-state index contributed by atoms with van der Waals surface area (Å²) < 4.78 is 5.45. The lowest BCUT2D eigenvalue weighted by molar-refractivity contribution is 0.122. The largest absolute Gasteiger partial charge is 0.378 e. The smallest absolute Gasteiger partial charge is 0.227 e. The Labute approximate surface area is 152 Å². The third-order valence-corrected chi connectivity index (χ3v) is 5.58. The monoisotopic (exact) mass is 360 g/mol. The molecule has 0 atom stereocenters. The lowest BCUT2D eigenvalue weighted by Gasteiger charge is -2.35. The minimum atomic E-state index is 0.768. The molecule has 8 heteroatoms. The normalized spacial score (nSPS) is 18.7. The van der Waals surface area contributed by atoms with Gasteiger partial charge >= 0.3 is 0 Å². The molecule has 0 N–H and O–H groups in total. The van der Waals surface area contributed by atoms with E-state index < -0.39 is 0 Å². The van der Waals surface area contributed by atoms with Crippen LogP contribution in [0.2, 0.25) is 0 Å². The predicted molar refractivity (Wildman–Crippen MR) is 101 cm³/mol. The van der Waals surface area contributed by atoms with Crippen LogP contribution in [0.5, 0.6) is 0 Å². The minimum absolute atomic E-state index is 0.768. The fraction of sp³-hybridized carbons (Fsp3) is 0.588. The molecule has 0 radical (unpaired) electrons. The van der Waals surface area contributed by atoms with E-state index in [-0.39, 0.29) is 0 Å². The average Bonchev–Trinajstić information content (AvgIpc) is 3.08. The molecular weight excluding hydrogens is 336 g/mol. The van der Waals surface area contributed by atoms with Crippen molar-refractivity contribution in [2.75, 3.05) is 67.2 Å². The quantitative estimate of drug-likeness (QED) is 0.826. The zero-order chi connectivity index (χ0) is 17.2. The van der Waals surface area contributed by atoms with Gasteiger partial charge < -0.3 is 19.4 Å². The SMILES string of the molecule is Cc1cc(N2CCOCC2)nc(N2CCN(c3ncc(C)s3)CC2)n1. The number of anilines is 3. The first-order valence-corrected chi connectivity index (χ1v) is 9.61. The van der Waals surface area contributed by atoms with E-state index in [1.807, 2.05) is 13.1 Å². The number of nitrogens with zero attached hydrogens (tertiary/aromatic N) is 6. The van der Waals surface area contributed by atoms with Crippen molar-refractivity contribution >= 4 is 28.2 Å². The molecule has 0 aromatic carbocycles. The molecule has 2 saturated heterocycles. The summed E-state index contributed by atoms with van der Waals surface area (Å²) in [5.41, 5.74) is 1.02. The summed E-state index contributed by atoms with van der Waals surface area (Å²) in [7, 11) is 0. The van der Waals surface area contributed by atoms with E-state index in [1.165, 1.54) is 4.88 Å². The molecule has 0 bridgehead atoms. The van der Waals surface area contributed by atoms with Crippen LogP contribution in [-0.4, -0.2) is 67.4 Å². The van der Waals surface area contributed by atoms with Gasteiger partial charge in [0.25, 0.3) is 0 Å². The summed E-state index contributed by atoms with van der Waals surface area (Å²) in [6.07, 6.45) is 1.95. The highest BCUT2D eigenvalue weighted by atomic mass is 32.1. The molecule has 0 amide bonds. The third-order valence-electron chi connectivity index (χ3n) is 4.61. The second-order valence-corrected chi connectivity index (χ2v) is 7.71. The standard InChI is InChI=1S/C17H24N6OS/c1-13-11-15(21-7-9-24-10-8-21)20-16(19-13)22-3-5-23(6-4-22)17-18-12-14(2)25-17/h11-12H,3-10H2,1-2H3. The van der Waals surface area contributed by atoms with Gasteiger partial charge in [-0.15, -0.1) is 11.3 Å². The molecular formula is C17H24N6OS. The summed E-state index contributed by atoms with van der Waals surface area (Å²) in [5, 5.41) is 1.12. The number of thiazole rings is 1. The maximum absolute atomic E-state index is 5.45. The summed E-state index contributed by atoms with van der Waals surface area (Å²) in [5.74, 6) is 1.86. The second-order valence-electron chi connectivity index (χ2n) is 6.49. The number of hydrogen-bond donors (Lipinski definition) is 0. The molecule has 2 aliphatic heterocycles. The van der Waals surface area contributed by atoms with E-state index in [2.05, 4.69) is 37.7 Å². The Hall–Kier alpha value is -1.93. The third kappa shape index (κ3) is 3.69. The molecule has 4 heterocycles. The van der Waals surface area contributed by atoms with Gasteiger partial charge in [0.1, 0.15) is 5.82 Å². The Morgan fingerprint density at radius 1 is 0.920 bits per heavy atom. The summed E-state index contributed by atoms with van der Waals surface area (Å²) in [6, 6.07) is 2.07. The zero-order valence-electron chi connectivity index (χ0n) is 14.8. The Balaban J connectivity index is 1.46. The van der Waals surface area contributed by atoms with Crippen LogP contribution in [0.25, 0.3) is 0 Å². The van der Waals surface area contributed by atoms with Crippen LogP contribution in [0, 0.1) is 13.8 Å². The van der Waals surface area contributed by atoms with Crippen LogP contribution in [0.15, 0.2) is 12.3 Å². The fourth-order valence-electron chi connectivity index (χ4n) is 3.22. The van der Waals surface area contributed by atoms with Crippen molar-refractivity contribution in [1.29, 1.82) is 0 Å². The van der Waals surface area contributed by atoms with Crippen molar-refractivity contribution in [1.82, 2.24) is 15.0 Å². The van der Waals surface area contributed by atoms with E-state index >= 15 is 0 Å². The van der Waals surface area contributed by atoms with Crippen molar-refractivity contribution in [3.63, 3.8) is 0 Å². The van der Waals surface area contributed by atoms with Crippen LogP contribution in [0.3, 0.4) is 0 Å². The number of rotatable bonds is 3. The van der Waals surface area contributed by atoms with Gasteiger partial charge in [0.15, 0.2) is 5.13 Å². The van der Waals surface area contributed by atoms with E-state index in [0.717, 1.165) is 75.1 Å². The number of hydrogen-bond acceptors (Lipinski definition) is 8. The molecule has 2 aromatic rings. The Bertz CT molecular complexity index is 722. The van der Waals surface area contributed by atoms with Gasteiger partial charge in [-0.25, -0.2) is 9.97 Å². The van der Waals surface area contributed by atoms with Crippen molar-refractivity contribution in [3.05, 3.63) is 22.8 Å². The van der Waals surface area contributed by atoms with Gasteiger partial charge in [-0.05, 0) is 13.8 Å². The first-order chi connectivity index (χ1) is 12.2. The minimum Gasteiger partial charge on any atom is -0.378 e. The average molecular weight is 360 g/mol. The van der Waals surface area contributed by atoms with Crippen LogP contribution < -0.4 is 14.7 Å². The highest BCUT2D eigenvalue weighted by Gasteiger charge is 2.22. The molecule has 2 aromatic heterocycles. The van der Waals surface area contributed by atoms with E-state index in [4.69, 9.17) is 9.72 Å². The van der Waals surface area contributed by atoms with Gasteiger partial charge in [0.2, 0.25) is 5.95 Å². The number of ether oxygens (including phenoxy) is 1. The van der Waals surface area contributed by atoms with Crippen molar-refractivity contribution in [3.8, 4) is 0 Å². The fourth-order valence-corrected chi connectivity index (χ4v) is 4.03. The highest BCUT2D eigenvalue weighted by molar-refractivity contribution is 7.15. The summed E-state index contributed by atoms with van der Waals surface area (Å²) in [6.45, 7) is 11.2. The van der Waals surface area contributed by atoms with Crippen LogP contribution in [-0.2, 0) is 4.74 Å². The maximum Gasteiger partial charge on any atom is 0.227 e. The van der Waals surface area contributed by atoms with Gasteiger partial charge in [0, 0.05) is 62.1 Å². The number of aryl methyl sites for hydroxylation is 2. The molecule has 4 rings (SSSR count). The molecule has 2 aliphatic rings. The van der Waals surface area contributed by atoms with Crippen LogP contribution in [0.4, 0.5) is 16.9 Å².